The van der Waals surface area contributed by atoms with E-state index in [1.807, 2.05) is 4.90 Å². The molecule has 1 aliphatic carbocycles. The lowest BCUT2D eigenvalue weighted by molar-refractivity contribution is -0.136. The van der Waals surface area contributed by atoms with Gasteiger partial charge >= 0.3 is 5.97 Å². The number of amidine groups is 1. The average molecular weight is 582 g/mol. The van der Waals surface area contributed by atoms with Crippen LogP contribution in [0.2, 0.25) is 5.02 Å². The Morgan fingerprint density at radius 3 is 2.74 bits per heavy atom. The van der Waals surface area contributed by atoms with Crippen molar-refractivity contribution in [2.75, 3.05) is 26.5 Å². The molecule has 14 heteroatoms. The maximum atomic E-state index is 13.9. The van der Waals surface area contributed by atoms with Gasteiger partial charge in [0.05, 0.1) is 25.0 Å². The summed E-state index contributed by atoms with van der Waals surface area (Å²) >= 11 is 7.74. The first kappa shape index (κ1) is 26.7. The van der Waals surface area contributed by atoms with E-state index in [2.05, 4.69) is 15.0 Å². The predicted molar refractivity (Wildman–Crippen MR) is 140 cm³/mol. The molecule has 2 aromatic rings. The quantitative estimate of drug-likeness (QED) is 0.477. The third kappa shape index (κ3) is 5.46. The van der Waals surface area contributed by atoms with Crippen LogP contribution >= 0.6 is 22.9 Å². The van der Waals surface area contributed by atoms with Crippen LogP contribution in [0.1, 0.15) is 35.9 Å². The van der Waals surface area contributed by atoms with E-state index in [1.54, 1.807) is 11.6 Å². The number of sulfonamides is 1. The molecule has 0 radical (unpaired) electrons. The minimum absolute atomic E-state index is 0.0634. The van der Waals surface area contributed by atoms with Crippen molar-refractivity contribution in [2.24, 2.45) is 10.4 Å². The highest BCUT2D eigenvalue weighted by atomic mass is 35.5. The van der Waals surface area contributed by atoms with Crippen molar-refractivity contribution in [1.82, 2.24) is 19.9 Å². The fourth-order valence-corrected chi connectivity index (χ4v) is 6.39. The van der Waals surface area contributed by atoms with Gasteiger partial charge in [-0.05, 0) is 36.8 Å². The van der Waals surface area contributed by atoms with Gasteiger partial charge in [0.2, 0.25) is 10.0 Å². The van der Waals surface area contributed by atoms with Crippen LogP contribution in [0.15, 0.2) is 46.0 Å². The van der Waals surface area contributed by atoms with Crippen molar-refractivity contribution in [3.05, 3.63) is 62.5 Å². The number of carbonyl (C=O) groups is 2. The minimum Gasteiger partial charge on any atom is -0.466 e. The number of aromatic nitrogens is 1. The maximum absolute atomic E-state index is 13.9. The van der Waals surface area contributed by atoms with Gasteiger partial charge in [-0.1, -0.05) is 17.7 Å². The highest BCUT2D eigenvalue weighted by Crippen LogP contribution is 2.55. The number of nitrogens with zero attached hydrogens (tertiary/aromatic N) is 3. The zero-order chi connectivity index (χ0) is 27.2. The molecule has 0 bridgehead atoms. The molecule has 2 aliphatic heterocycles. The van der Waals surface area contributed by atoms with Crippen molar-refractivity contribution >= 4 is 50.7 Å². The molecule has 1 aromatic heterocycles. The molecule has 1 saturated heterocycles. The summed E-state index contributed by atoms with van der Waals surface area (Å²) in [5, 5.41) is 5.62. The van der Waals surface area contributed by atoms with Gasteiger partial charge in [0, 0.05) is 40.9 Å². The standard InChI is InChI=1S/C24H25ClFN5O5S2/c1-36-23(33)18-16(11-31-12-24(5-6-24)10-17(31)21(32)30-38(2,34)35)28-20(22-27-7-8-37-22)29-19(18)14-4-3-13(26)9-15(14)25/h3-4,7-9,17,19H,5-6,10-12H2,1-2H3,(H,28,29)(H,30,32). The number of benzene rings is 1. The fraction of sp³-hybridized carbons (Fsp3) is 0.417. The Kier molecular flexibility index (Phi) is 7.05. The van der Waals surface area contributed by atoms with E-state index in [1.165, 1.54) is 30.6 Å². The maximum Gasteiger partial charge on any atom is 0.338 e. The lowest BCUT2D eigenvalue weighted by atomic mass is 9.95. The summed E-state index contributed by atoms with van der Waals surface area (Å²) in [4.78, 5) is 37.0. The third-order valence-electron chi connectivity index (χ3n) is 6.94. The number of nitrogens with one attached hydrogen (secondary N) is 2. The van der Waals surface area contributed by atoms with E-state index in [-0.39, 0.29) is 22.6 Å². The highest BCUT2D eigenvalue weighted by Gasteiger charge is 2.54. The Morgan fingerprint density at radius 2 is 2.13 bits per heavy atom. The number of ether oxygens (including phenoxy) is 1. The van der Waals surface area contributed by atoms with Gasteiger partial charge in [0.25, 0.3) is 5.91 Å². The average Bonchev–Trinajstić information content (AvgIpc) is 3.23. The number of thiazole rings is 1. The Labute approximate surface area is 228 Å². The number of carbonyl (C=O) groups excluding carboxylic acids is 2. The van der Waals surface area contributed by atoms with E-state index in [4.69, 9.17) is 21.3 Å². The molecule has 5 rings (SSSR count). The Hall–Kier alpha value is -2.87. The van der Waals surface area contributed by atoms with Crippen molar-refractivity contribution in [3.8, 4) is 0 Å². The molecule has 2 N–H and O–H groups in total. The Bertz CT molecular complexity index is 1460. The number of methoxy groups -OCH3 is 1. The van der Waals surface area contributed by atoms with Gasteiger partial charge in [-0.15, -0.1) is 11.3 Å². The van der Waals surface area contributed by atoms with Gasteiger partial charge in [-0.25, -0.2) is 22.6 Å². The van der Waals surface area contributed by atoms with Crippen LogP contribution in [-0.4, -0.2) is 68.5 Å². The van der Waals surface area contributed by atoms with Gasteiger partial charge in [0.15, 0.2) is 10.8 Å². The predicted octanol–water partition coefficient (Wildman–Crippen LogP) is 2.38. The molecule has 2 fully saturated rings. The molecule has 1 saturated carbocycles. The van der Waals surface area contributed by atoms with Crippen LogP contribution in [-0.2, 0) is 24.3 Å². The molecular weight excluding hydrogens is 557 g/mol. The first-order valence-corrected chi connectivity index (χ1v) is 14.9. The Morgan fingerprint density at radius 1 is 1.37 bits per heavy atom. The van der Waals surface area contributed by atoms with Crippen LogP contribution < -0.4 is 10.0 Å². The number of amides is 1. The van der Waals surface area contributed by atoms with Crippen molar-refractivity contribution in [3.63, 3.8) is 0 Å². The number of rotatable bonds is 7. The van der Waals surface area contributed by atoms with Gasteiger partial charge in [-0.3, -0.25) is 19.4 Å². The lowest BCUT2D eigenvalue weighted by Crippen LogP contribution is -2.47. The van der Waals surface area contributed by atoms with E-state index < -0.39 is 39.8 Å². The molecule has 2 atom stereocenters. The first-order chi connectivity index (χ1) is 18.0. The van der Waals surface area contributed by atoms with Crippen LogP contribution in [0.3, 0.4) is 0 Å². The highest BCUT2D eigenvalue weighted by molar-refractivity contribution is 7.89. The molecule has 1 aromatic carbocycles. The second-order valence-corrected chi connectivity index (χ2v) is 12.8. The topological polar surface area (TPSA) is 130 Å². The number of likely N-dealkylation sites (tertiary alicyclic amines) is 1. The van der Waals surface area contributed by atoms with E-state index in [0.29, 0.717) is 35.1 Å². The summed E-state index contributed by atoms with van der Waals surface area (Å²) in [6.45, 7) is 0.661. The fourth-order valence-electron chi connectivity index (χ4n) is 5.03. The van der Waals surface area contributed by atoms with Crippen molar-refractivity contribution in [1.29, 1.82) is 0 Å². The first-order valence-electron chi connectivity index (χ1n) is 11.8. The van der Waals surface area contributed by atoms with Gasteiger partial charge in [-0.2, -0.15) is 0 Å². The number of hydrogen-bond acceptors (Lipinski definition) is 10. The number of hydrogen-bond donors (Lipinski definition) is 2. The molecular formula is C24H25ClFN5O5S2. The van der Waals surface area contributed by atoms with Gasteiger partial charge < -0.3 is 10.1 Å². The molecule has 202 valence electrons. The zero-order valence-corrected chi connectivity index (χ0v) is 22.9. The summed E-state index contributed by atoms with van der Waals surface area (Å²) in [5.74, 6) is -1.44. The minimum atomic E-state index is -3.75. The van der Waals surface area contributed by atoms with Crippen LogP contribution in [0.4, 0.5) is 4.39 Å². The van der Waals surface area contributed by atoms with Gasteiger partial charge in [0.1, 0.15) is 11.9 Å². The molecule has 38 heavy (non-hydrogen) atoms. The summed E-state index contributed by atoms with van der Waals surface area (Å²) < 4.78 is 44.6. The van der Waals surface area contributed by atoms with Crippen LogP contribution in [0.5, 0.6) is 0 Å². The molecule has 1 spiro atoms. The molecule has 2 unspecified atom stereocenters. The number of halogens is 2. The summed E-state index contributed by atoms with van der Waals surface area (Å²) in [6, 6.07) is 2.20. The number of aliphatic imine (C=N–C) groups is 1. The zero-order valence-electron chi connectivity index (χ0n) is 20.5. The Balaban J connectivity index is 1.58. The third-order valence-corrected chi connectivity index (χ3v) is 8.62. The van der Waals surface area contributed by atoms with Crippen LogP contribution in [0, 0.1) is 11.2 Å². The largest absolute Gasteiger partial charge is 0.466 e. The summed E-state index contributed by atoms with van der Waals surface area (Å²) in [7, 11) is -2.51. The summed E-state index contributed by atoms with van der Waals surface area (Å²) in [6.07, 6.45) is 4.93. The second-order valence-electron chi connectivity index (χ2n) is 9.76. The smallest absolute Gasteiger partial charge is 0.338 e. The van der Waals surface area contributed by atoms with Crippen molar-refractivity contribution < 1.29 is 27.1 Å². The lowest BCUT2D eigenvalue weighted by Gasteiger charge is -2.31. The SMILES string of the molecule is COC(=O)C1=C(CN2CC3(CC3)CC2C(=O)NS(C)(=O)=O)NC(c2nccs2)=NC1c1ccc(F)cc1Cl. The number of esters is 1. The van der Waals surface area contributed by atoms with E-state index >= 15 is 0 Å². The molecule has 3 heterocycles. The molecule has 3 aliphatic rings. The summed E-state index contributed by atoms with van der Waals surface area (Å²) in [5.41, 5.74) is 0.900. The normalized spacial score (nSPS) is 22.7. The monoisotopic (exact) mass is 581 g/mol. The second kappa shape index (κ2) is 10.0. The van der Waals surface area contributed by atoms with Crippen LogP contribution in [0.25, 0.3) is 0 Å². The van der Waals surface area contributed by atoms with Crippen molar-refractivity contribution in [2.45, 2.75) is 31.3 Å². The molecule has 1 amide bonds. The molecule has 10 nitrogen and oxygen atoms in total. The van der Waals surface area contributed by atoms with E-state index in [0.717, 1.165) is 25.2 Å². The van der Waals surface area contributed by atoms with E-state index in [9.17, 15) is 22.4 Å².